The minimum absolute atomic E-state index is 0.161. The first-order valence-electron chi connectivity index (χ1n) is 4.29. The third kappa shape index (κ3) is 1.53. The van der Waals surface area contributed by atoms with Gasteiger partial charge in [0.2, 0.25) is 0 Å². The first kappa shape index (κ1) is 8.19. The summed E-state index contributed by atoms with van der Waals surface area (Å²) in [5, 5.41) is 0. The molecular weight excluding hydrogens is 164 g/mol. The van der Waals surface area contributed by atoms with Crippen LogP contribution < -0.4 is 5.73 Å². The lowest BCUT2D eigenvalue weighted by atomic mass is 10.1. The van der Waals surface area contributed by atoms with Crippen molar-refractivity contribution in [2.45, 2.75) is 19.4 Å². The summed E-state index contributed by atoms with van der Waals surface area (Å²) >= 11 is 0. The summed E-state index contributed by atoms with van der Waals surface area (Å²) in [7, 11) is 0. The van der Waals surface area contributed by atoms with Gasteiger partial charge in [-0.15, -0.1) is 0 Å². The number of aromatic nitrogens is 3. The van der Waals surface area contributed by atoms with Gasteiger partial charge in [-0.2, -0.15) is 0 Å². The zero-order chi connectivity index (χ0) is 9.26. The highest BCUT2D eigenvalue weighted by molar-refractivity contribution is 5.77. The molecule has 1 unspecified atom stereocenters. The van der Waals surface area contributed by atoms with Crippen LogP contribution in [0.15, 0.2) is 18.7 Å². The second-order valence-corrected chi connectivity index (χ2v) is 3.28. The number of nitrogens with two attached hydrogens (primary N) is 1. The molecular formula is C9H12N4. The average molecular weight is 176 g/mol. The lowest BCUT2D eigenvalue weighted by Crippen LogP contribution is -2.17. The standard InChI is InChI=1S/C9H12N4/c1-6(10)2-7-3-12-8-4-11-5-13-9(7)8/h3-6,12H,2,10H2,1H3. The van der Waals surface area contributed by atoms with E-state index in [-0.39, 0.29) is 6.04 Å². The summed E-state index contributed by atoms with van der Waals surface area (Å²) in [4.78, 5) is 11.2. The third-order valence-electron chi connectivity index (χ3n) is 1.96. The van der Waals surface area contributed by atoms with Crippen LogP contribution in [0.1, 0.15) is 12.5 Å². The zero-order valence-electron chi connectivity index (χ0n) is 7.49. The van der Waals surface area contributed by atoms with E-state index in [1.54, 1.807) is 12.5 Å². The maximum Gasteiger partial charge on any atom is 0.116 e. The SMILES string of the molecule is CC(N)Cc1c[nH]c2cncnc12. The van der Waals surface area contributed by atoms with Gasteiger partial charge in [-0.3, -0.25) is 0 Å². The minimum atomic E-state index is 0.161. The van der Waals surface area contributed by atoms with E-state index in [4.69, 9.17) is 5.73 Å². The molecule has 2 aromatic heterocycles. The number of rotatable bonds is 2. The predicted octanol–water partition coefficient (Wildman–Crippen LogP) is 0.848. The molecule has 13 heavy (non-hydrogen) atoms. The van der Waals surface area contributed by atoms with Crippen molar-refractivity contribution in [3.8, 4) is 0 Å². The molecule has 68 valence electrons. The smallest absolute Gasteiger partial charge is 0.116 e. The van der Waals surface area contributed by atoms with E-state index in [1.807, 2.05) is 13.1 Å². The fourth-order valence-corrected chi connectivity index (χ4v) is 1.43. The molecule has 0 amide bonds. The largest absolute Gasteiger partial charge is 0.358 e. The van der Waals surface area contributed by atoms with Crippen molar-refractivity contribution >= 4 is 11.0 Å². The Kier molecular flexibility index (Phi) is 1.98. The quantitative estimate of drug-likeness (QED) is 0.712. The molecule has 4 heteroatoms. The molecule has 3 N–H and O–H groups in total. The van der Waals surface area contributed by atoms with E-state index in [1.165, 1.54) is 0 Å². The number of hydrogen-bond acceptors (Lipinski definition) is 3. The van der Waals surface area contributed by atoms with Gasteiger partial charge in [0.15, 0.2) is 0 Å². The van der Waals surface area contributed by atoms with Crippen molar-refractivity contribution in [2.24, 2.45) is 5.73 Å². The number of nitrogens with one attached hydrogen (secondary N) is 1. The summed E-state index contributed by atoms with van der Waals surface area (Å²) in [6.07, 6.45) is 6.12. The number of H-pyrrole nitrogens is 1. The van der Waals surface area contributed by atoms with Gasteiger partial charge in [-0.25, -0.2) is 9.97 Å². The molecule has 1 atom stereocenters. The van der Waals surface area contributed by atoms with Crippen LogP contribution in [0.4, 0.5) is 0 Å². The number of aromatic amines is 1. The van der Waals surface area contributed by atoms with E-state index < -0.39 is 0 Å². The summed E-state index contributed by atoms with van der Waals surface area (Å²) in [5.74, 6) is 0. The highest BCUT2D eigenvalue weighted by atomic mass is 14.9. The Morgan fingerprint density at radius 1 is 1.62 bits per heavy atom. The molecule has 0 saturated carbocycles. The van der Waals surface area contributed by atoms with Gasteiger partial charge in [0.05, 0.1) is 17.2 Å². The van der Waals surface area contributed by atoms with Crippen LogP contribution in [-0.2, 0) is 6.42 Å². The maximum atomic E-state index is 5.72. The van der Waals surface area contributed by atoms with Crippen LogP contribution in [0.3, 0.4) is 0 Å². The second kappa shape index (κ2) is 3.14. The molecule has 0 spiro atoms. The van der Waals surface area contributed by atoms with Crippen LogP contribution in [0.2, 0.25) is 0 Å². The highest BCUT2D eigenvalue weighted by Crippen LogP contribution is 2.14. The molecule has 0 bridgehead atoms. The van der Waals surface area contributed by atoms with E-state index in [9.17, 15) is 0 Å². The van der Waals surface area contributed by atoms with Crippen molar-refractivity contribution < 1.29 is 0 Å². The van der Waals surface area contributed by atoms with Crippen molar-refractivity contribution in [3.63, 3.8) is 0 Å². The minimum Gasteiger partial charge on any atom is -0.358 e. The van der Waals surface area contributed by atoms with Gasteiger partial charge in [0, 0.05) is 12.2 Å². The summed E-state index contributed by atoms with van der Waals surface area (Å²) in [6.45, 7) is 1.99. The van der Waals surface area contributed by atoms with E-state index in [2.05, 4.69) is 15.0 Å². The summed E-state index contributed by atoms with van der Waals surface area (Å²) in [6, 6.07) is 0.161. The summed E-state index contributed by atoms with van der Waals surface area (Å²) < 4.78 is 0. The van der Waals surface area contributed by atoms with Crippen LogP contribution in [0, 0.1) is 0 Å². The lowest BCUT2D eigenvalue weighted by Gasteiger charge is -2.01. The van der Waals surface area contributed by atoms with Gasteiger partial charge in [0.1, 0.15) is 6.33 Å². The topological polar surface area (TPSA) is 67.6 Å². The molecule has 0 aromatic carbocycles. The zero-order valence-corrected chi connectivity index (χ0v) is 7.49. The molecule has 0 aliphatic heterocycles. The van der Waals surface area contributed by atoms with Gasteiger partial charge in [-0.1, -0.05) is 0 Å². The molecule has 0 radical (unpaired) electrons. The van der Waals surface area contributed by atoms with E-state index in [0.717, 1.165) is 23.0 Å². The first-order chi connectivity index (χ1) is 6.27. The second-order valence-electron chi connectivity index (χ2n) is 3.28. The Balaban J connectivity index is 2.46. The fraction of sp³-hybridized carbons (Fsp3) is 0.333. The van der Waals surface area contributed by atoms with Gasteiger partial charge in [0.25, 0.3) is 0 Å². The van der Waals surface area contributed by atoms with Crippen molar-refractivity contribution in [3.05, 3.63) is 24.3 Å². The predicted molar refractivity (Wildman–Crippen MR) is 51.2 cm³/mol. The number of fused-ring (bicyclic) bond motifs is 1. The Bertz CT molecular complexity index is 405. The van der Waals surface area contributed by atoms with Gasteiger partial charge >= 0.3 is 0 Å². The Morgan fingerprint density at radius 2 is 2.46 bits per heavy atom. The van der Waals surface area contributed by atoms with Crippen LogP contribution in [-0.4, -0.2) is 21.0 Å². The Morgan fingerprint density at radius 3 is 3.23 bits per heavy atom. The Hall–Kier alpha value is -1.42. The van der Waals surface area contributed by atoms with Gasteiger partial charge in [-0.05, 0) is 18.9 Å². The molecule has 0 aliphatic rings. The third-order valence-corrected chi connectivity index (χ3v) is 1.96. The lowest BCUT2D eigenvalue weighted by molar-refractivity contribution is 0.740. The molecule has 0 fully saturated rings. The van der Waals surface area contributed by atoms with E-state index in [0.29, 0.717) is 0 Å². The van der Waals surface area contributed by atoms with Crippen LogP contribution in [0.25, 0.3) is 11.0 Å². The van der Waals surface area contributed by atoms with Crippen molar-refractivity contribution in [1.29, 1.82) is 0 Å². The Labute approximate surface area is 76.2 Å². The monoisotopic (exact) mass is 176 g/mol. The molecule has 2 heterocycles. The van der Waals surface area contributed by atoms with Crippen LogP contribution in [0.5, 0.6) is 0 Å². The molecule has 2 aromatic rings. The molecule has 0 aliphatic carbocycles. The highest BCUT2D eigenvalue weighted by Gasteiger charge is 2.05. The fourth-order valence-electron chi connectivity index (χ4n) is 1.43. The average Bonchev–Trinajstić information content (AvgIpc) is 2.48. The van der Waals surface area contributed by atoms with Gasteiger partial charge < -0.3 is 10.7 Å². The maximum absolute atomic E-state index is 5.72. The number of hydrogen-bond donors (Lipinski definition) is 2. The normalized spacial score (nSPS) is 13.4. The molecule has 4 nitrogen and oxygen atoms in total. The van der Waals surface area contributed by atoms with Crippen molar-refractivity contribution in [2.75, 3.05) is 0 Å². The van der Waals surface area contributed by atoms with Crippen molar-refractivity contribution in [1.82, 2.24) is 15.0 Å². The summed E-state index contributed by atoms with van der Waals surface area (Å²) in [5.41, 5.74) is 8.83. The molecule has 2 rings (SSSR count). The number of nitrogens with zero attached hydrogens (tertiary/aromatic N) is 2. The molecule has 0 saturated heterocycles. The van der Waals surface area contributed by atoms with E-state index >= 15 is 0 Å². The van der Waals surface area contributed by atoms with Crippen LogP contribution >= 0.6 is 0 Å². The first-order valence-corrected chi connectivity index (χ1v) is 4.29.